The fourth-order valence-electron chi connectivity index (χ4n) is 14.1. The number of nitrogens with zero attached hydrogens (tertiary/aromatic N) is 4. The molecular formula is C49H82N7O20P3S. The molecule has 80 heavy (non-hydrogen) atoms. The minimum Gasteiger partial charge on any atom is -0.393 e. The first-order valence-electron chi connectivity index (χ1n) is 27.2. The number of anilines is 1. The van der Waals surface area contributed by atoms with E-state index in [4.69, 9.17) is 19.5 Å². The SMILES string of the molecule is CC(CCC[C@@H](C)[C@H]1CC[C@H]2[C@@H]3[C@H](O)C[C@]4(C)C[C@H](O)CC[C@]4(C)[C@H]3C[C@H](O)[C@]12C)C(=O)SCCNC(=O)CCNC(=O)[C@H](O)C(C)(C)COP(=O)(O)OP(=O)(O)OC[C@H]1O[C@@H](n2cnc3c(N)ncnc32)[C@H](O)[C@@H]1OP(=O)(O)O. The summed E-state index contributed by atoms with van der Waals surface area (Å²) in [7, 11) is -16.5. The van der Waals surface area contributed by atoms with E-state index >= 15 is 0 Å². The number of hydrogen-bond donors (Lipinski definition) is 12. The van der Waals surface area contributed by atoms with Gasteiger partial charge in [-0.25, -0.2) is 28.6 Å². The normalized spacial score (nSPS) is 35.2. The number of carbonyl (C=O) groups excluding carboxylic acids is 3. The molecule has 1 aliphatic heterocycles. The van der Waals surface area contributed by atoms with Gasteiger partial charge < -0.3 is 66.2 Å². The average molecular weight is 1210 g/mol. The molecule has 4 aliphatic carbocycles. The standard InChI is InChI=1S/C49H82N7O20P3S/c1-26(29-11-12-30-36-31(19-34(59)49(29,30)7)48(6)15-13-28(57)20-47(48,5)21-32(36)58)9-8-10-27(2)45(64)80-18-17-51-35(60)14-16-52-43(63)40(62)46(3,4)23-73-79(70,71)76-78(68,69)72-22-33-39(75-77(65,66)67)38(61)44(74-33)56-25-55-37-41(50)53-24-54-42(37)56/h24-34,36,38-40,44,57-59,61-62H,8-23H2,1-7H3,(H,51,60)(H,52,63)(H,68,69)(H,70,71)(H2,50,53,54)(H2,65,66,67)/t26-,27?,28-,29-,30+,31+,32-,33-,34+,36+,38-,39-,40+,44-,47+,48-,49-/m1/s1. The van der Waals surface area contributed by atoms with Crippen molar-refractivity contribution in [2.24, 2.45) is 57.2 Å². The number of nitrogens with one attached hydrogen (secondary N) is 2. The number of phosphoric acid groups is 3. The molecule has 2 amide bonds. The van der Waals surface area contributed by atoms with Crippen molar-refractivity contribution in [3.63, 3.8) is 0 Å². The maximum absolute atomic E-state index is 13.1. The number of carbonyl (C=O) groups is 3. The molecule has 13 N–H and O–H groups in total. The number of nitrogens with two attached hydrogens (primary N) is 1. The molecule has 2 aromatic rings. The average Bonchev–Trinajstić information content (AvgIpc) is 4.06. The summed E-state index contributed by atoms with van der Waals surface area (Å²) in [6.07, 6.45) is -0.148. The molecule has 0 bridgehead atoms. The summed E-state index contributed by atoms with van der Waals surface area (Å²) in [4.78, 5) is 89.9. The zero-order valence-electron chi connectivity index (χ0n) is 46.2. The van der Waals surface area contributed by atoms with Gasteiger partial charge in [-0.2, -0.15) is 4.31 Å². The van der Waals surface area contributed by atoms with Gasteiger partial charge in [-0.05, 0) is 97.2 Å². The van der Waals surface area contributed by atoms with Gasteiger partial charge in [-0.15, -0.1) is 0 Å². The molecule has 3 heterocycles. The van der Waals surface area contributed by atoms with Crippen LogP contribution in [-0.2, 0) is 50.7 Å². The van der Waals surface area contributed by atoms with Gasteiger partial charge in [0, 0.05) is 36.6 Å². The van der Waals surface area contributed by atoms with Crippen LogP contribution >= 0.6 is 35.2 Å². The van der Waals surface area contributed by atoms with E-state index in [0.29, 0.717) is 43.3 Å². The molecule has 2 aromatic heterocycles. The van der Waals surface area contributed by atoms with Crippen LogP contribution in [0.2, 0.25) is 0 Å². The number of fused-ring (bicyclic) bond motifs is 6. The quantitative estimate of drug-likeness (QED) is 0.0500. The van der Waals surface area contributed by atoms with E-state index in [-0.39, 0.29) is 87.6 Å². The maximum Gasteiger partial charge on any atom is 0.481 e. The molecule has 31 heteroatoms. The molecule has 27 nitrogen and oxygen atoms in total. The van der Waals surface area contributed by atoms with Crippen LogP contribution in [0.3, 0.4) is 0 Å². The number of aliphatic hydroxyl groups excluding tert-OH is 5. The lowest BCUT2D eigenvalue weighted by Crippen LogP contribution is -2.65. The van der Waals surface area contributed by atoms with E-state index in [2.05, 4.69) is 62.1 Å². The first-order chi connectivity index (χ1) is 37.1. The Morgan fingerprint density at radius 2 is 1.64 bits per heavy atom. The van der Waals surface area contributed by atoms with E-state index in [1.54, 1.807) is 0 Å². The number of aromatic nitrogens is 4. The van der Waals surface area contributed by atoms with Crippen LogP contribution in [0, 0.1) is 57.2 Å². The highest BCUT2D eigenvalue weighted by Gasteiger charge is 2.68. The summed E-state index contributed by atoms with van der Waals surface area (Å²) in [5.41, 5.74) is 3.74. The smallest absolute Gasteiger partial charge is 0.393 e. The van der Waals surface area contributed by atoms with E-state index < -0.39 is 96.8 Å². The van der Waals surface area contributed by atoms with Gasteiger partial charge >= 0.3 is 23.5 Å². The fourth-order valence-corrected chi connectivity index (χ4v) is 17.7. The Bertz CT molecular complexity index is 2690. The van der Waals surface area contributed by atoms with Crippen LogP contribution in [0.15, 0.2) is 12.7 Å². The molecule has 19 atom stereocenters. The number of imidazole rings is 1. The Kier molecular flexibility index (Phi) is 20.5. The van der Waals surface area contributed by atoms with Crippen molar-refractivity contribution >= 4 is 69.1 Å². The first-order valence-corrected chi connectivity index (χ1v) is 32.7. The monoisotopic (exact) mass is 1210 g/mol. The van der Waals surface area contributed by atoms with E-state index in [9.17, 15) is 73.2 Å². The van der Waals surface area contributed by atoms with Crippen molar-refractivity contribution in [3.8, 4) is 0 Å². The zero-order chi connectivity index (χ0) is 59.1. The number of hydrogen-bond acceptors (Lipinski definition) is 21. The van der Waals surface area contributed by atoms with Crippen molar-refractivity contribution in [2.75, 3.05) is 37.8 Å². The minimum absolute atomic E-state index is 0.00693. The Hall–Kier alpha value is -2.56. The summed E-state index contributed by atoms with van der Waals surface area (Å²) in [5.74, 6) is -0.191. The molecule has 3 unspecified atom stereocenters. The Morgan fingerprint density at radius 3 is 2.34 bits per heavy atom. The number of aliphatic hydroxyl groups is 5. The van der Waals surface area contributed by atoms with Gasteiger partial charge in [0.25, 0.3) is 0 Å². The number of rotatable bonds is 25. The van der Waals surface area contributed by atoms with Crippen molar-refractivity contribution < 1.29 is 95.8 Å². The third-order valence-corrected chi connectivity index (χ3v) is 22.8. The lowest BCUT2D eigenvalue weighted by atomic mass is 9.39. The lowest BCUT2D eigenvalue weighted by Gasteiger charge is -2.67. The second kappa shape index (κ2) is 25.2. The number of phosphoric ester groups is 3. The molecule has 0 aromatic carbocycles. The van der Waals surface area contributed by atoms with Crippen LogP contribution in [0.4, 0.5) is 5.82 Å². The van der Waals surface area contributed by atoms with Crippen LogP contribution < -0.4 is 16.4 Å². The highest BCUT2D eigenvalue weighted by atomic mass is 32.2. The Labute approximate surface area is 469 Å². The highest BCUT2D eigenvalue weighted by molar-refractivity contribution is 8.13. The summed E-state index contributed by atoms with van der Waals surface area (Å²) in [6, 6.07) is 0. The summed E-state index contributed by atoms with van der Waals surface area (Å²) in [5, 5.41) is 61.2. The largest absolute Gasteiger partial charge is 0.481 e. The van der Waals surface area contributed by atoms with Gasteiger partial charge in [0.15, 0.2) is 22.8 Å². The number of ether oxygens (including phenoxy) is 1. The summed E-state index contributed by atoms with van der Waals surface area (Å²) < 4.78 is 62.8. The second-order valence-corrected chi connectivity index (χ2v) is 29.6. The Morgan fingerprint density at radius 1 is 0.938 bits per heavy atom. The number of amides is 2. The number of thioether (sulfide) groups is 1. The van der Waals surface area contributed by atoms with E-state index in [1.807, 2.05) is 6.92 Å². The van der Waals surface area contributed by atoms with Crippen molar-refractivity contribution in [1.82, 2.24) is 30.2 Å². The maximum atomic E-state index is 13.1. The third-order valence-electron chi connectivity index (χ3n) is 18.6. The first kappa shape index (κ1) is 65.0. The van der Waals surface area contributed by atoms with Gasteiger partial charge in [-0.1, -0.05) is 73.1 Å². The molecular weight excluding hydrogens is 1130 g/mol. The summed E-state index contributed by atoms with van der Waals surface area (Å²) >= 11 is 1.12. The molecule has 0 spiro atoms. The van der Waals surface area contributed by atoms with Crippen molar-refractivity contribution in [1.29, 1.82) is 0 Å². The highest BCUT2D eigenvalue weighted by Crippen LogP contribution is 2.71. The molecule has 0 radical (unpaired) electrons. The van der Waals surface area contributed by atoms with Crippen LogP contribution in [0.5, 0.6) is 0 Å². The second-order valence-electron chi connectivity index (χ2n) is 24.3. The predicted molar refractivity (Wildman–Crippen MR) is 288 cm³/mol. The molecule has 4 saturated carbocycles. The van der Waals surface area contributed by atoms with E-state index in [1.165, 1.54) is 13.8 Å². The van der Waals surface area contributed by atoms with Crippen LogP contribution in [0.1, 0.15) is 125 Å². The zero-order valence-corrected chi connectivity index (χ0v) is 49.7. The Balaban J connectivity index is 0.772. The van der Waals surface area contributed by atoms with Gasteiger partial charge in [-0.3, -0.25) is 32.5 Å². The minimum atomic E-state index is -5.61. The predicted octanol–water partition coefficient (Wildman–Crippen LogP) is 3.46. The summed E-state index contributed by atoms with van der Waals surface area (Å²) in [6.45, 7) is 11.4. The van der Waals surface area contributed by atoms with E-state index in [0.717, 1.165) is 67.5 Å². The van der Waals surface area contributed by atoms with Gasteiger partial charge in [0.1, 0.15) is 36.3 Å². The molecule has 5 aliphatic rings. The van der Waals surface area contributed by atoms with Crippen LogP contribution in [-0.4, -0.2) is 156 Å². The molecule has 454 valence electrons. The third kappa shape index (κ3) is 14.2. The van der Waals surface area contributed by atoms with Crippen LogP contribution in [0.25, 0.3) is 11.2 Å². The molecule has 7 rings (SSSR count). The van der Waals surface area contributed by atoms with Crippen molar-refractivity contribution in [2.45, 2.75) is 168 Å². The number of nitrogen functional groups attached to an aromatic ring is 1. The molecule has 1 saturated heterocycles. The van der Waals surface area contributed by atoms with Gasteiger partial charge in [0.05, 0.1) is 37.9 Å². The topological polar surface area (TPSA) is 424 Å². The van der Waals surface area contributed by atoms with Gasteiger partial charge in [0.2, 0.25) is 11.8 Å². The molecule has 5 fully saturated rings. The fraction of sp³-hybridized carbons (Fsp3) is 0.837. The van der Waals surface area contributed by atoms with Crippen molar-refractivity contribution in [3.05, 3.63) is 12.7 Å². The lowest BCUT2D eigenvalue weighted by molar-refractivity contribution is -0.233.